The van der Waals surface area contributed by atoms with Gasteiger partial charge in [-0.2, -0.15) is 0 Å². The van der Waals surface area contributed by atoms with Gasteiger partial charge in [-0.05, 0) is 29.8 Å². The Morgan fingerprint density at radius 2 is 1.81 bits per heavy atom. The third-order valence-corrected chi connectivity index (χ3v) is 4.07. The van der Waals surface area contributed by atoms with Crippen molar-refractivity contribution in [2.45, 2.75) is 6.54 Å². The fourth-order valence-corrected chi connectivity index (χ4v) is 2.63. The molecule has 0 unspecified atom stereocenters. The maximum atomic E-state index is 13.4. The molecule has 5 nitrogen and oxygen atoms in total. The quantitative estimate of drug-likeness (QED) is 0.600. The van der Waals surface area contributed by atoms with E-state index in [9.17, 15) is 9.18 Å². The molecule has 1 heterocycles. The lowest BCUT2D eigenvalue weighted by atomic mass is 10.1. The number of halogens is 3. The molecule has 2 N–H and O–H groups in total. The van der Waals surface area contributed by atoms with Crippen LogP contribution in [0.15, 0.2) is 54.6 Å². The third-order valence-electron chi connectivity index (χ3n) is 3.63. The summed E-state index contributed by atoms with van der Waals surface area (Å²) in [7, 11) is 0. The number of carbonyl (C=O) groups excluding carboxylic acids is 1. The van der Waals surface area contributed by atoms with Crippen molar-refractivity contribution >= 4 is 35.1 Å². The molecule has 3 aromatic rings. The van der Waals surface area contributed by atoms with Crippen molar-refractivity contribution in [1.82, 2.24) is 15.3 Å². The number of amides is 1. The van der Waals surface area contributed by atoms with E-state index >= 15 is 0 Å². The van der Waals surface area contributed by atoms with Crippen LogP contribution in [-0.4, -0.2) is 22.4 Å². The van der Waals surface area contributed by atoms with E-state index in [4.69, 9.17) is 23.2 Å². The van der Waals surface area contributed by atoms with Crippen LogP contribution in [-0.2, 0) is 11.3 Å². The summed E-state index contributed by atoms with van der Waals surface area (Å²) in [6.07, 6.45) is 0. The summed E-state index contributed by atoms with van der Waals surface area (Å²) in [5.41, 5.74) is 1.95. The monoisotopic (exact) mass is 404 g/mol. The summed E-state index contributed by atoms with van der Waals surface area (Å²) in [6, 6.07) is 14.7. The molecule has 1 amide bonds. The van der Waals surface area contributed by atoms with Crippen LogP contribution >= 0.6 is 23.2 Å². The van der Waals surface area contributed by atoms with Crippen LogP contribution < -0.4 is 10.6 Å². The van der Waals surface area contributed by atoms with Crippen LogP contribution in [0.1, 0.15) is 5.56 Å². The summed E-state index contributed by atoms with van der Waals surface area (Å²) < 4.78 is 13.4. The van der Waals surface area contributed by atoms with Crippen molar-refractivity contribution < 1.29 is 9.18 Å². The molecule has 0 aliphatic carbocycles. The van der Waals surface area contributed by atoms with Gasteiger partial charge in [-0.3, -0.25) is 4.79 Å². The number of carbonyl (C=O) groups is 1. The highest BCUT2D eigenvalue weighted by atomic mass is 35.5. The molecular formula is C19H15Cl2FN4O. The fraction of sp³-hybridized carbons (Fsp3) is 0.105. The summed E-state index contributed by atoms with van der Waals surface area (Å²) >= 11 is 11.8. The number of benzene rings is 2. The van der Waals surface area contributed by atoms with Gasteiger partial charge in [-0.1, -0.05) is 47.5 Å². The maximum absolute atomic E-state index is 13.4. The molecule has 0 saturated heterocycles. The molecule has 2 aromatic carbocycles. The first-order valence-electron chi connectivity index (χ1n) is 8.05. The van der Waals surface area contributed by atoms with Crippen LogP contribution in [0, 0.1) is 5.82 Å². The highest BCUT2D eigenvalue weighted by Crippen LogP contribution is 2.22. The predicted molar refractivity (Wildman–Crippen MR) is 104 cm³/mol. The lowest BCUT2D eigenvalue weighted by Gasteiger charge is -2.09. The third kappa shape index (κ3) is 5.64. The molecule has 0 radical (unpaired) electrons. The summed E-state index contributed by atoms with van der Waals surface area (Å²) in [5, 5.41) is 6.42. The molecule has 0 fully saturated rings. The standard InChI is InChI=1S/C19H15Cl2FN4O/c20-14-6-4-12(5-7-14)10-23-18(27)11-24-19-25-16(9-17(21)26-19)13-2-1-3-15(22)8-13/h1-9H,10-11H2,(H,23,27)(H,24,25,26). The Labute approximate surface area is 165 Å². The van der Waals surface area contributed by atoms with Crippen LogP contribution in [0.4, 0.5) is 10.3 Å². The van der Waals surface area contributed by atoms with Gasteiger partial charge in [0.1, 0.15) is 11.0 Å². The molecule has 0 saturated carbocycles. The number of rotatable bonds is 6. The maximum Gasteiger partial charge on any atom is 0.239 e. The van der Waals surface area contributed by atoms with E-state index in [-0.39, 0.29) is 29.4 Å². The Kier molecular flexibility index (Phi) is 6.21. The van der Waals surface area contributed by atoms with E-state index in [1.54, 1.807) is 24.3 Å². The summed E-state index contributed by atoms with van der Waals surface area (Å²) in [5.74, 6) is -0.428. The molecular weight excluding hydrogens is 390 g/mol. The second kappa shape index (κ2) is 8.79. The zero-order valence-electron chi connectivity index (χ0n) is 14.0. The van der Waals surface area contributed by atoms with Crippen molar-refractivity contribution in [3.63, 3.8) is 0 Å². The van der Waals surface area contributed by atoms with Gasteiger partial charge in [-0.15, -0.1) is 0 Å². The Morgan fingerprint density at radius 3 is 2.56 bits per heavy atom. The molecule has 8 heteroatoms. The van der Waals surface area contributed by atoms with Gasteiger partial charge in [0, 0.05) is 23.2 Å². The number of hydrogen-bond donors (Lipinski definition) is 2. The van der Waals surface area contributed by atoms with Gasteiger partial charge in [0.2, 0.25) is 11.9 Å². The second-order valence-corrected chi connectivity index (χ2v) is 6.49. The first-order valence-corrected chi connectivity index (χ1v) is 8.81. The van der Waals surface area contributed by atoms with E-state index < -0.39 is 0 Å². The molecule has 138 valence electrons. The van der Waals surface area contributed by atoms with Crippen LogP contribution in [0.5, 0.6) is 0 Å². The Hall–Kier alpha value is -2.70. The minimum Gasteiger partial charge on any atom is -0.350 e. The Balaban J connectivity index is 1.60. The SMILES string of the molecule is O=C(CNc1nc(Cl)cc(-c2cccc(F)c2)n1)NCc1ccc(Cl)cc1. The van der Waals surface area contributed by atoms with E-state index in [2.05, 4.69) is 20.6 Å². The van der Waals surface area contributed by atoms with Gasteiger partial charge in [-0.25, -0.2) is 14.4 Å². The number of nitrogens with zero attached hydrogens (tertiary/aromatic N) is 2. The lowest BCUT2D eigenvalue weighted by Crippen LogP contribution is -2.29. The number of hydrogen-bond acceptors (Lipinski definition) is 4. The minimum atomic E-state index is -0.377. The lowest BCUT2D eigenvalue weighted by molar-refractivity contribution is -0.119. The van der Waals surface area contributed by atoms with Crippen molar-refractivity contribution in [3.8, 4) is 11.3 Å². The highest BCUT2D eigenvalue weighted by molar-refractivity contribution is 6.30. The molecule has 0 bridgehead atoms. The predicted octanol–water partition coefficient (Wildman–Crippen LogP) is 4.32. The topological polar surface area (TPSA) is 66.9 Å². The van der Waals surface area contributed by atoms with E-state index in [0.29, 0.717) is 22.8 Å². The zero-order valence-corrected chi connectivity index (χ0v) is 15.6. The first kappa shape index (κ1) is 19.1. The molecule has 0 aliphatic rings. The van der Waals surface area contributed by atoms with E-state index in [1.807, 2.05) is 12.1 Å². The van der Waals surface area contributed by atoms with E-state index in [0.717, 1.165) is 5.56 Å². The Bertz CT molecular complexity index is 951. The highest BCUT2D eigenvalue weighted by Gasteiger charge is 2.08. The van der Waals surface area contributed by atoms with Gasteiger partial charge >= 0.3 is 0 Å². The minimum absolute atomic E-state index is 0.0312. The normalized spacial score (nSPS) is 10.5. The van der Waals surface area contributed by atoms with Gasteiger partial charge in [0.25, 0.3) is 0 Å². The van der Waals surface area contributed by atoms with Crippen molar-refractivity contribution in [1.29, 1.82) is 0 Å². The molecule has 3 rings (SSSR count). The van der Waals surface area contributed by atoms with Crippen molar-refractivity contribution in [3.05, 3.63) is 76.2 Å². The largest absolute Gasteiger partial charge is 0.350 e. The average Bonchev–Trinajstić information content (AvgIpc) is 2.65. The van der Waals surface area contributed by atoms with Crippen molar-refractivity contribution in [2.75, 3.05) is 11.9 Å². The summed E-state index contributed by atoms with van der Waals surface area (Å²) in [6.45, 7) is 0.346. The second-order valence-electron chi connectivity index (χ2n) is 5.67. The van der Waals surface area contributed by atoms with Crippen LogP contribution in [0.3, 0.4) is 0 Å². The molecule has 27 heavy (non-hydrogen) atoms. The number of anilines is 1. The Morgan fingerprint density at radius 1 is 1.04 bits per heavy atom. The zero-order chi connectivity index (χ0) is 19.2. The molecule has 1 aromatic heterocycles. The first-order chi connectivity index (χ1) is 13.0. The van der Waals surface area contributed by atoms with Crippen LogP contribution in [0.2, 0.25) is 10.2 Å². The summed E-state index contributed by atoms with van der Waals surface area (Å²) in [4.78, 5) is 20.3. The van der Waals surface area contributed by atoms with Crippen molar-refractivity contribution in [2.24, 2.45) is 0 Å². The number of aromatic nitrogens is 2. The van der Waals surface area contributed by atoms with Gasteiger partial charge in [0.05, 0.1) is 12.2 Å². The molecule has 0 atom stereocenters. The van der Waals surface area contributed by atoms with E-state index in [1.165, 1.54) is 18.2 Å². The van der Waals surface area contributed by atoms with Gasteiger partial charge in [0.15, 0.2) is 0 Å². The van der Waals surface area contributed by atoms with Gasteiger partial charge < -0.3 is 10.6 Å². The molecule has 0 aliphatic heterocycles. The molecule has 0 spiro atoms. The smallest absolute Gasteiger partial charge is 0.239 e. The average molecular weight is 405 g/mol. The van der Waals surface area contributed by atoms with Crippen LogP contribution in [0.25, 0.3) is 11.3 Å². The number of nitrogens with one attached hydrogen (secondary N) is 2. The fourth-order valence-electron chi connectivity index (χ4n) is 2.32.